The molecule has 1 rings (SSSR count). The van der Waals surface area contributed by atoms with Crippen LogP contribution in [0.1, 0.15) is 5.69 Å². The van der Waals surface area contributed by atoms with Crippen molar-refractivity contribution < 1.29 is 4.29 Å². The maximum atomic E-state index is 5.04. The summed E-state index contributed by atoms with van der Waals surface area (Å²) >= 11 is 5.04. The zero-order chi connectivity index (χ0) is 6.69. The van der Waals surface area contributed by atoms with Crippen LogP contribution >= 0.6 is 11.9 Å². The van der Waals surface area contributed by atoms with Crippen LogP contribution in [0, 0.1) is 6.92 Å². The highest BCUT2D eigenvalue weighted by atomic mass is 35.5. The minimum Gasteiger partial charge on any atom is -0.384 e. The topological polar surface area (TPSA) is 22.1 Å². The minimum absolute atomic E-state index is 0.572. The molecule has 0 aliphatic rings. The molecule has 9 heavy (non-hydrogen) atoms. The third-order valence-electron chi connectivity index (χ3n) is 0.973. The maximum absolute atomic E-state index is 5.04. The summed E-state index contributed by atoms with van der Waals surface area (Å²) in [6.07, 6.45) is 1.57. The molecule has 0 amide bonds. The fourth-order valence-electron chi connectivity index (χ4n) is 0.500. The van der Waals surface area contributed by atoms with Crippen LogP contribution < -0.4 is 4.29 Å². The molecule has 0 atom stereocenters. The molecular formula is C6H6ClNO. The average Bonchev–Trinajstić information content (AvgIpc) is 1.90. The minimum atomic E-state index is 0.572. The van der Waals surface area contributed by atoms with Crippen LogP contribution in [0.3, 0.4) is 0 Å². The molecule has 1 heterocycles. The van der Waals surface area contributed by atoms with Gasteiger partial charge in [-0.1, -0.05) is 0 Å². The normalized spacial score (nSPS) is 9.11. The third-order valence-corrected chi connectivity index (χ3v) is 1.15. The van der Waals surface area contributed by atoms with Crippen molar-refractivity contribution in [2.75, 3.05) is 0 Å². The first-order valence-corrected chi connectivity index (χ1v) is 2.85. The highest BCUT2D eigenvalue weighted by Crippen LogP contribution is 2.08. The summed E-state index contributed by atoms with van der Waals surface area (Å²) in [6, 6.07) is 3.59. The van der Waals surface area contributed by atoms with Crippen molar-refractivity contribution in [3.63, 3.8) is 0 Å². The standard InChI is InChI=1S/C6H6ClNO/c1-5-2-3-6(9-7)4-8-5/h2-4H,1H3. The van der Waals surface area contributed by atoms with Gasteiger partial charge < -0.3 is 4.29 Å². The number of hydrogen-bond donors (Lipinski definition) is 0. The van der Waals surface area contributed by atoms with Crippen molar-refractivity contribution in [1.82, 2.24) is 4.98 Å². The Morgan fingerprint density at radius 3 is 2.78 bits per heavy atom. The molecule has 0 saturated carbocycles. The molecule has 0 aliphatic heterocycles. The van der Waals surface area contributed by atoms with Crippen LogP contribution in [0.25, 0.3) is 0 Å². The monoisotopic (exact) mass is 143 g/mol. The number of hydrogen-bond acceptors (Lipinski definition) is 2. The molecule has 0 saturated heterocycles. The zero-order valence-electron chi connectivity index (χ0n) is 4.97. The van der Waals surface area contributed by atoms with Gasteiger partial charge in [-0.2, -0.15) is 0 Å². The zero-order valence-corrected chi connectivity index (χ0v) is 5.72. The van der Waals surface area contributed by atoms with E-state index in [1.54, 1.807) is 12.3 Å². The van der Waals surface area contributed by atoms with Gasteiger partial charge in [0.1, 0.15) is 11.9 Å². The smallest absolute Gasteiger partial charge is 0.164 e. The van der Waals surface area contributed by atoms with Crippen LogP contribution in [0.5, 0.6) is 5.75 Å². The summed E-state index contributed by atoms with van der Waals surface area (Å²) < 4.78 is 4.38. The lowest BCUT2D eigenvalue weighted by atomic mass is 10.4. The summed E-state index contributed by atoms with van der Waals surface area (Å²) in [5, 5.41) is 0. The number of aromatic nitrogens is 1. The number of pyridine rings is 1. The van der Waals surface area contributed by atoms with E-state index >= 15 is 0 Å². The molecule has 0 radical (unpaired) electrons. The van der Waals surface area contributed by atoms with E-state index in [0.29, 0.717) is 5.75 Å². The van der Waals surface area contributed by atoms with Crippen molar-refractivity contribution in [3.8, 4) is 5.75 Å². The molecule has 0 N–H and O–H groups in total. The molecule has 1 aromatic heterocycles. The van der Waals surface area contributed by atoms with E-state index < -0.39 is 0 Å². The first-order chi connectivity index (χ1) is 4.33. The lowest BCUT2D eigenvalue weighted by molar-refractivity contribution is 0.614. The Labute approximate surface area is 58.6 Å². The summed E-state index contributed by atoms with van der Waals surface area (Å²) in [4.78, 5) is 3.94. The number of aryl methyl sites for hydroxylation is 1. The van der Waals surface area contributed by atoms with Crippen molar-refractivity contribution >= 4 is 11.9 Å². The quantitative estimate of drug-likeness (QED) is 0.599. The Balaban J connectivity index is 2.88. The van der Waals surface area contributed by atoms with E-state index in [0.717, 1.165) is 5.69 Å². The second-order valence-corrected chi connectivity index (χ2v) is 1.87. The predicted octanol–water partition coefficient (Wildman–Crippen LogP) is 1.92. The first-order valence-electron chi connectivity index (χ1n) is 2.54. The Bertz CT molecular complexity index is 185. The fraction of sp³-hybridized carbons (Fsp3) is 0.167. The van der Waals surface area contributed by atoms with Crippen LogP contribution in [0.15, 0.2) is 18.3 Å². The molecule has 0 bridgehead atoms. The molecule has 3 heteroatoms. The third kappa shape index (κ3) is 1.57. The van der Waals surface area contributed by atoms with E-state index in [4.69, 9.17) is 11.9 Å². The van der Waals surface area contributed by atoms with Crippen molar-refractivity contribution in [3.05, 3.63) is 24.0 Å². The van der Waals surface area contributed by atoms with Crippen molar-refractivity contribution in [2.45, 2.75) is 6.92 Å². The SMILES string of the molecule is Cc1ccc(OCl)cn1. The summed E-state index contributed by atoms with van der Waals surface area (Å²) in [5.41, 5.74) is 0.951. The highest BCUT2D eigenvalue weighted by molar-refractivity contribution is 6.09. The fourth-order valence-corrected chi connectivity index (χ4v) is 0.591. The Hall–Kier alpha value is -0.760. The van der Waals surface area contributed by atoms with Crippen LogP contribution in [0.2, 0.25) is 0 Å². The second kappa shape index (κ2) is 2.69. The van der Waals surface area contributed by atoms with Crippen LogP contribution in [-0.4, -0.2) is 4.98 Å². The molecule has 2 nitrogen and oxygen atoms in total. The van der Waals surface area contributed by atoms with Gasteiger partial charge in [0.2, 0.25) is 0 Å². The molecule has 48 valence electrons. The van der Waals surface area contributed by atoms with Gasteiger partial charge in [0, 0.05) is 5.69 Å². The molecule has 0 aliphatic carbocycles. The highest BCUT2D eigenvalue weighted by Gasteiger charge is 1.88. The van der Waals surface area contributed by atoms with Crippen LogP contribution in [0.4, 0.5) is 0 Å². The van der Waals surface area contributed by atoms with E-state index in [9.17, 15) is 0 Å². The maximum Gasteiger partial charge on any atom is 0.164 e. The number of nitrogens with zero attached hydrogens (tertiary/aromatic N) is 1. The second-order valence-electron chi connectivity index (χ2n) is 1.71. The summed E-state index contributed by atoms with van der Waals surface area (Å²) in [7, 11) is 0. The lowest BCUT2D eigenvalue weighted by Gasteiger charge is -1.92. The molecule has 0 fully saturated rings. The van der Waals surface area contributed by atoms with Gasteiger partial charge >= 0.3 is 0 Å². The molecular weight excluding hydrogens is 138 g/mol. The van der Waals surface area contributed by atoms with E-state index in [-0.39, 0.29) is 0 Å². The molecule has 0 spiro atoms. The van der Waals surface area contributed by atoms with E-state index in [1.807, 2.05) is 13.0 Å². The summed E-state index contributed by atoms with van der Waals surface area (Å²) in [5.74, 6) is 0.572. The Kier molecular flexibility index (Phi) is 1.90. The van der Waals surface area contributed by atoms with Crippen molar-refractivity contribution in [1.29, 1.82) is 0 Å². The molecule has 0 unspecified atom stereocenters. The average molecular weight is 144 g/mol. The Morgan fingerprint density at radius 2 is 2.33 bits per heavy atom. The van der Waals surface area contributed by atoms with Crippen LogP contribution in [-0.2, 0) is 0 Å². The van der Waals surface area contributed by atoms with Gasteiger partial charge in [-0.25, -0.2) is 0 Å². The van der Waals surface area contributed by atoms with Gasteiger partial charge in [-0.15, -0.1) is 0 Å². The Morgan fingerprint density at radius 1 is 1.56 bits per heavy atom. The van der Waals surface area contributed by atoms with Gasteiger partial charge in [-0.3, -0.25) is 4.98 Å². The van der Waals surface area contributed by atoms with Gasteiger partial charge in [0.15, 0.2) is 5.75 Å². The van der Waals surface area contributed by atoms with Crippen molar-refractivity contribution in [2.24, 2.45) is 0 Å². The van der Waals surface area contributed by atoms with Gasteiger partial charge in [-0.05, 0) is 19.1 Å². The summed E-state index contributed by atoms with van der Waals surface area (Å²) in [6.45, 7) is 1.90. The van der Waals surface area contributed by atoms with Gasteiger partial charge in [0.25, 0.3) is 0 Å². The number of halogens is 1. The first kappa shape index (κ1) is 6.36. The van der Waals surface area contributed by atoms with Gasteiger partial charge in [0.05, 0.1) is 6.20 Å². The molecule has 0 aromatic carbocycles. The molecule has 1 aromatic rings. The predicted molar refractivity (Wildman–Crippen MR) is 35.5 cm³/mol. The van der Waals surface area contributed by atoms with E-state index in [1.165, 1.54) is 0 Å². The number of rotatable bonds is 1. The lowest BCUT2D eigenvalue weighted by Crippen LogP contribution is -1.79. The van der Waals surface area contributed by atoms with E-state index in [2.05, 4.69) is 9.27 Å². The largest absolute Gasteiger partial charge is 0.384 e.